The lowest BCUT2D eigenvalue weighted by molar-refractivity contribution is -0.135. The van der Waals surface area contributed by atoms with Crippen LogP contribution in [-0.2, 0) is 4.79 Å². The lowest BCUT2D eigenvalue weighted by Crippen LogP contribution is -2.42. The minimum atomic E-state index is -1.05. The molecule has 176 valence electrons. The van der Waals surface area contributed by atoms with Gasteiger partial charge in [0.05, 0.1) is 19.5 Å². The number of nitrogens with one attached hydrogen (secondary N) is 1. The van der Waals surface area contributed by atoms with E-state index in [1.54, 1.807) is 19.5 Å². The molecule has 3 heterocycles. The molecule has 2 fully saturated rings. The van der Waals surface area contributed by atoms with Gasteiger partial charge in [-0.3, -0.25) is 4.79 Å². The monoisotopic (exact) mass is 473 g/mol. The number of halogens is 1. The summed E-state index contributed by atoms with van der Waals surface area (Å²) in [6.45, 7) is 2.84. The highest BCUT2D eigenvalue weighted by molar-refractivity contribution is 6.30. The smallest absolute Gasteiger partial charge is 0.404 e. The van der Waals surface area contributed by atoms with Gasteiger partial charge in [0.2, 0.25) is 11.9 Å². The molecule has 2 atom stereocenters. The number of piperidine rings is 1. The molecule has 0 spiro atoms. The van der Waals surface area contributed by atoms with Gasteiger partial charge in [-0.2, -0.15) is 0 Å². The number of hydrogen-bond acceptors (Lipinski definition) is 6. The molecule has 2 amide bonds. The molecule has 2 saturated heterocycles. The molecule has 0 radical (unpaired) electrons. The molecule has 2 N–H and O–H groups in total. The van der Waals surface area contributed by atoms with Crippen LogP contribution in [-0.4, -0.2) is 71.8 Å². The molecule has 2 aliphatic heterocycles. The Labute approximate surface area is 197 Å². The van der Waals surface area contributed by atoms with Gasteiger partial charge in [-0.1, -0.05) is 23.7 Å². The Balaban J connectivity index is 1.39. The van der Waals surface area contributed by atoms with Crippen molar-refractivity contribution < 1.29 is 19.4 Å². The van der Waals surface area contributed by atoms with Gasteiger partial charge in [0.25, 0.3) is 0 Å². The van der Waals surface area contributed by atoms with E-state index in [1.807, 2.05) is 29.2 Å². The molecule has 2 aromatic rings. The Morgan fingerprint density at radius 1 is 1.15 bits per heavy atom. The molecule has 1 aromatic heterocycles. The quantitative estimate of drug-likeness (QED) is 0.664. The number of hydrogen-bond donors (Lipinski definition) is 2. The third-order valence-electron chi connectivity index (χ3n) is 6.54. The third-order valence-corrected chi connectivity index (χ3v) is 6.80. The molecule has 4 rings (SSSR count). The number of carboxylic acid groups (broad SMARTS) is 1. The van der Waals surface area contributed by atoms with E-state index in [0.29, 0.717) is 49.4 Å². The van der Waals surface area contributed by atoms with E-state index in [-0.39, 0.29) is 23.7 Å². The predicted molar refractivity (Wildman–Crippen MR) is 124 cm³/mol. The number of amides is 2. The van der Waals surface area contributed by atoms with Crippen LogP contribution in [0.25, 0.3) is 0 Å². The largest absolute Gasteiger partial charge is 0.494 e. The molecule has 0 unspecified atom stereocenters. The Kier molecular flexibility index (Phi) is 7.17. The van der Waals surface area contributed by atoms with Crippen molar-refractivity contribution in [3.8, 4) is 5.75 Å². The highest BCUT2D eigenvalue weighted by Gasteiger charge is 2.39. The first-order valence-corrected chi connectivity index (χ1v) is 11.4. The van der Waals surface area contributed by atoms with E-state index in [0.717, 1.165) is 18.4 Å². The zero-order chi connectivity index (χ0) is 23.4. The standard InChI is InChI=1S/C23H28ClN5O4/c1-33-19-11-25-22(26-12-19)28-8-6-16(7-9-28)21(30)29-13-17(10-27-23(31)32)20(14-29)15-2-4-18(24)5-3-15/h2-5,11-12,16-17,20,27H,6-10,13-14H2,1H3,(H,31,32)/t17-,20-/m0/s1. The Hall–Kier alpha value is -3.07. The summed E-state index contributed by atoms with van der Waals surface area (Å²) in [6, 6.07) is 7.59. The van der Waals surface area contributed by atoms with Crippen LogP contribution in [0.2, 0.25) is 5.02 Å². The van der Waals surface area contributed by atoms with Crippen molar-refractivity contribution >= 4 is 29.5 Å². The fourth-order valence-corrected chi connectivity index (χ4v) is 4.85. The summed E-state index contributed by atoms with van der Waals surface area (Å²) in [5.74, 6) is 1.41. The van der Waals surface area contributed by atoms with Gasteiger partial charge in [0.1, 0.15) is 0 Å². The van der Waals surface area contributed by atoms with Crippen LogP contribution in [0.4, 0.5) is 10.7 Å². The highest BCUT2D eigenvalue weighted by Crippen LogP contribution is 2.35. The van der Waals surface area contributed by atoms with E-state index in [9.17, 15) is 9.59 Å². The van der Waals surface area contributed by atoms with Gasteiger partial charge in [-0.25, -0.2) is 14.8 Å². The van der Waals surface area contributed by atoms with Crippen LogP contribution in [0.1, 0.15) is 24.3 Å². The number of nitrogens with zero attached hydrogens (tertiary/aromatic N) is 4. The summed E-state index contributed by atoms with van der Waals surface area (Å²) in [7, 11) is 1.58. The lowest BCUT2D eigenvalue weighted by Gasteiger charge is -2.33. The summed E-state index contributed by atoms with van der Waals surface area (Å²) in [5, 5.41) is 12.2. The zero-order valence-electron chi connectivity index (χ0n) is 18.5. The topological polar surface area (TPSA) is 108 Å². The molecule has 33 heavy (non-hydrogen) atoms. The lowest BCUT2D eigenvalue weighted by atomic mass is 9.89. The van der Waals surface area contributed by atoms with Crippen LogP contribution in [0.5, 0.6) is 5.75 Å². The van der Waals surface area contributed by atoms with E-state index in [1.165, 1.54) is 0 Å². The molecular formula is C23H28ClN5O4. The van der Waals surface area contributed by atoms with Gasteiger partial charge < -0.3 is 25.0 Å². The van der Waals surface area contributed by atoms with Crippen LogP contribution >= 0.6 is 11.6 Å². The normalized spacial score (nSPS) is 21.2. The zero-order valence-corrected chi connectivity index (χ0v) is 19.2. The average molecular weight is 474 g/mol. The third kappa shape index (κ3) is 5.47. The number of rotatable bonds is 6. The van der Waals surface area contributed by atoms with Crippen molar-refractivity contribution in [2.75, 3.05) is 44.7 Å². The number of methoxy groups -OCH3 is 1. The van der Waals surface area contributed by atoms with Gasteiger partial charge in [0.15, 0.2) is 5.75 Å². The molecule has 9 nitrogen and oxygen atoms in total. The van der Waals surface area contributed by atoms with E-state index >= 15 is 0 Å². The van der Waals surface area contributed by atoms with E-state index < -0.39 is 6.09 Å². The Morgan fingerprint density at radius 3 is 2.42 bits per heavy atom. The van der Waals surface area contributed by atoms with Crippen LogP contribution in [0, 0.1) is 11.8 Å². The van der Waals surface area contributed by atoms with Crippen LogP contribution in [0.3, 0.4) is 0 Å². The first-order valence-electron chi connectivity index (χ1n) is 11.1. The fourth-order valence-electron chi connectivity index (χ4n) is 4.73. The summed E-state index contributed by atoms with van der Waals surface area (Å²) >= 11 is 6.04. The number of carbonyl (C=O) groups is 2. The maximum absolute atomic E-state index is 13.3. The second-order valence-corrected chi connectivity index (χ2v) is 8.97. The van der Waals surface area contributed by atoms with Crippen molar-refractivity contribution in [1.82, 2.24) is 20.2 Å². The van der Waals surface area contributed by atoms with Crippen LogP contribution < -0.4 is 15.0 Å². The second-order valence-electron chi connectivity index (χ2n) is 8.53. The number of carbonyl (C=O) groups excluding carboxylic acids is 1. The van der Waals surface area contributed by atoms with E-state index in [2.05, 4.69) is 20.2 Å². The van der Waals surface area contributed by atoms with Crippen molar-refractivity contribution in [1.29, 1.82) is 0 Å². The van der Waals surface area contributed by atoms with Crippen LogP contribution in [0.15, 0.2) is 36.7 Å². The molecular weight excluding hydrogens is 446 g/mol. The molecule has 1 aromatic carbocycles. The minimum absolute atomic E-state index is 0.0130. The van der Waals surface area contributed by atoms with Gasteiger partial charge in [0, 0.05) is 55.5 Å². The molecule has 2 aliphatic rings. The fraction of sp³-hybridized carbons (Fsp3) is 0.478. The second kappa shape index (κ2) is 10.2. The van der Waals surface area contributed by atoms with Crippen molar-refractivity contribution in [3.05, 3.63) is 47.2 Å². The Morgan fingerprint density at radius 2 is 1.82 bits per heavy atom. The SMILES string of the molecule is COc1cnc(N2CCC(C(=O)N3C[C@H](CNC(=O)O)[C@H](c4ccc(Cl)cc4)C3)CC2)nc1. The summed E-state index contributed by atoms with van der Waals surface area (Å²) in [6.07, 6.45) is 3.70. The Bertz CT molecular complexity index is 964. The minimum Gasteiger partial charge on any atom is -0.494 e. The molecule has 0 bridgehead atoms. The maximum Gasteiger partial charge on any atom is 0.404 e. The first kappa shape index (κ1) is 23.1. The molecule has 0 saturated carbocycles. The number of likely N-dealkylation sites (tertiary alicyclic amines) is 1. The summed E-state index contributed by atoms with van der Waals surface area (Å²) in [4.78, 5) is 37.1. The first-order chi connectivity index (χ1) is 15.9. The summed E-state index contributed by atoms with van der Waals surface area (Å²) in [5.41, 5.74) is 1.07. The molecule has 10 heteroatoms. The number of ether oxygens (including phenoxy) is 1. The number of benzene rings is 1. The number of aromatic nitrogens is 2. The van der Waals surface area contributed by atoms with Gasteiger partial charge in [-0.05, 0) is 30.5 Å². The van der Waals surface area contributed by atoms with Gasteiger partial charge in [-0.15, -0.1) is 0 Å². The number of anilines is 1. The van der Waals surface area contributed by atoms with Crippen molar-refractivity contribution in [2.45, 2.75) is 18.8 Å². The highest BCUT2D eigenvalue weighted by atomic mass is 35.5. The summed E-state index contributed by atoms with van der Waals surface area (Å²) < 4.78 is 5.11. The van der Waals surface area contributed by atoms with Crippen molar-refractivity contribution in [3.63, 3.8) is 0 Å². The maximum atomic E-state index is 13.3. The van der Waals surface area contributed by atoms with E-state index in [4.69, 9.17) is 21.4 Å². The average Bonchev–Trinajstić information content (AvgIpc) is 3.27. The molecule has 0 aliphatic carbocycles. The van der Waals surface area contributed by atoms with Gasteiger partial charge >= 0.3 is 6.09 Å². The predicted octanol–water partition coefficient (Wildman–Crippen LogP) is 2.86. The van der Waals surface area contributed by atoms with Crippen molar-refractivity contribution in [2.24, 2.45) is 11.8 Å².